The van der Waals surface area contributed by atoms with E-state index in [0.29, 0.717) is 12.8 Å². The molecule has 1 heterocycles. The van der Waals surface area contributed by atoms with E-state index in [2.05, 4.69) is 5.16 Å². The summed E-state index contributed by atoms with van der Waals surface area (Å²) in [6, 6.07) is 16.8. The maximum atomic E-state index is 12.6. The molecule has 0 radical (unpaired) electrons. The van der Waals surface area contributed by atoms with E-state index >= 15 is 0 Å². The average molecular weight is 338 g/mol. The Kier molecular flexibility index (Phi) is 5.03. The Morgan fingerprint density at radius 2 is 1.92 bits per heavy atom. The first-order chi connectivity index (χ1) is 12.0. The van der Waals surface area contributed by atoms with E-state index in [9.17, 15) is 9.90 Å². The van der Waals surface area contributed by atoms with Crippen molar-refractivity contribution in [3.8, 4) is 5.75 Å². The molecule has 1 aliphatic heterocycles. The van der Waals surface area contributed by atoms with E-state index in [1.165, 1.54) is 0 Å². The molecular weight excluding hydrogens is 316 g/mol. The average Bonchev–Trinajstić information content (AvgIpc) is 3.10. The van der Waals surface area contributed by atoms with Crippen LogP contribution in [0.25, 0.3) is 0 Å². The van der Waals surface area contributed by atoms with Gasteiger partial charge in [-0.1, -0.05) is 35.5 Å². The van der Waals surface area contributed by atoms with Crippen molar-refractivity contribution in [2.24, 2.45) is 5.16 Å². The third-order valence-corrected chi connectivity index (χ3v) is 4.59. The van der Waals surface area contributed by atoms with Crippen LogP contribution >= 0.6 is 0 Å². The predicted molar refractivity (Wildman–Crippen MR) is 96.4 cm³/mol. The van der Waals surface area contributed by atoms with Gasteiger partial charge in [0.05, 0.1) is 18.2 Å². The molecule has 0 saturated carbocycles. The van der Waals surface area contributed by atoms with Crippen molar-refractivity contribution in [3.05, 3.63) is 65.7 Å². The Morgan fingerprint density at radius 1 is 1.24 bits per heavy atom. The van der Waals surface area contributed by atoms with Gasteiger partial charge in [0.25, 0.3) is 0 Å². The maximum absolute atomic E-state index is 12.6. The molecule has 1 N–H and O–H groups in total. The molecule has 5 nitrogen and oxygen atoms in total. The minimum Gasteiger partial charge on any atom is -0.508 e. The highest BCUT2D eigenvalue weighted by atomic mass is 16.6. The second kappa shape index (κ2) is 7.38. The number of carbonyl (C=O) groups is 1. The normalized spacial score (nSPS) is 17.5. The number of hydrogen-bond acceptors (Lipinski definition) is 4. The molecule has 5 heteroatoms. The summed E-state index contributed by atoms with van der Waals surface area (Å²) in [5.41, 5.74) is 2.81. The molecule has 0 aliphatic carbocycles. The Morgan fingerprint density at radius 3 is 2.60 bits per heavy atom. The van der Waals surface area contributed by atoms with Crippen molar-refractivity contribution >= 4 is 11.6 Å². The summed E-state index contributed by atoms with van der Waals surface area (Å²) in [5.74, 6) is 0.245. The lowest BCUT2D eigenvalue weighted by Crippen LogP contribution is -2.32. The van der Waals surface area contributed by atoms with Gasteiger partial charge in [0, 0.05) is 13.5 Å². The summed E-state index contributed by atoms with van der Waals surface area (Å²) < 4.78 is 0. The number of aromatic hydroxyl groups is 1. The number of oxime groups is 1. The topological polar surface area (TPSA) is 62.1 Å². The molecule has 2 atom stereocenters. The Bertz CT molecular complexity index is 756. The van der Waals surface area contributed by atoms with Gasteiger partial charge in [0.2, 0.25) is 5.91 Å². The van der Waals surface area contributed by atoms with Crippen molar-refractivity contribution in [2.75, 3.05) is 7.05 Å². The fourth-order valence-electron chi connectivity index (χ4n) is 2.87. The highest BCUT2D eigenvalue weighted by Gasteiger charge is 2.27. The summed E-state index contributed by atoms with van der Waals surface area (Å²) in [4.78, 5) is 19.7. The second-order valence-electron chi connectivity index (χ2n) is 6.31. The summed E-state index contributed by atoms with van der Waals surface area (Å²) in [6.45, 7) is 2.01. The molecule has 130 valence electrons. The van der Waals surface area contributed by atoms with Crippen LogP contribution in [-0.2, 0) is 9.63 Å². The molecule has 3 rings (SSSR count). The highest BCUT2D eigenvalue weighted by molar-refractivity contribution is 6.01. The zero-order valence-corrected chi connectivity index (χ0v) is 14.4. The van der Waals surface area contributed by atoms with Crippen molar-refractivity contribution in [3.63, 3.8) is 0 Å². The fourth-order valence-corrected chi connectivity index (χ4v) is 2.87. The zero-order valence-electron chi connectivity index (χ0n) is 14.4. The van der Waals surface area contributed by atoms with Gasteiger partial charge >= 0.3 is 0 Å². The molecule has 1 amide bonds. The number of phenolic OH excluding ortho intramolecular Hbond substituents is 1. The Labute approximate surface area is 147 Å². The lowest BCUT2D eigenvalue weighted by Gasteiger charge is -2.26. The molecule has 2 unspecified atom stereocenters. The van der Waals surface area contributed by atoms with Crippen LogP contribution in [0, 0.1) is 0 Å². The summed E-state index contributed by atoms with van der Waals surface area (Å²) in [7, 11) is 1.82. The van der Waals surface area contributed by atoms with Crippen molar-refractivity contribution in [1.29, 1.82) is 0 Å². The number of rotatable bonds is 5. The number of benzene rings is 2. The fraction of sp³-hybridized carbons (Fsp3) is 0.300. The van der Waals surface area contributed by atoms with Gasteiger partial charge in [-0.25, -0.2) is 0 Å². The van der Waals surface area contributed by atoms with Crippen LogP contribution in [0.1, 0.15) is 36.9 Å². The molecule has 0 bridgehead atoms. The lowest BCUT2D eigenvalue weighted by atomic mass is 10.0. The van der Waals surface area contributed by atoms with Crippen LogP contribution in [-0.4, -0.2) is 34.8 Å². The Hall–Kier alpha value is -2.82. The van der Waals surface area contributed by atoms with Gasteiger partial charge in [-0.05, 0) is 42.3 Å². The van der Waals surface area contributed by atoms with Crippen molar-refractivity contribution in [1.82, 2.24) is 4.90 Å². The standard InChI is InChI=1S/C20H22N2O3/c1-14(15-6-4-3-5-7-15)22(2)20(24)13-18-12-19(21-25-18)16-8-10-17(23)11-9-16/h3-11,14,18,23H,12-13H2,1-2H3. The molecule has 0 saturated heterocycles. The maximum Gasteiger partial charge on any atom is 0.226 e. The summed E-state index contributed by atoms with van der Waals surface area (Å²) in [6.07, 6.45) is 0.629. The molecule has 25 heavy (non-hydrogen) atoms. The monoisotopic (exact) mass is 338 g/mol. The van der Waals surface area contributed by atoms with E-state index in [1.54, 1.807) is 29.2 Å². The number of phenols is 1. The van der Waals surface area contributed by atoms with Gasteiger partial charge in [0.15, 0.2) is 0 Å². The minimum atomic E-state index is -0.248. The quantitative estimate of drug-likeness (QED) is 0.908. The SMILES string of the molecule is CC(c1ccccc1)N(C)C(=O)CC1CC(c2ccc(O)cc2)=NO1. The number of carbonyl (C=O) groups excluding carboxylic acids is 1. The minimum absolute atomic E-state index is 0.00703. The Balaban J connectivity index is 1.56. The van der Waals surface area contributed by atoms with E-state index in [4.69, 9.17) is 4.84 Å². The summed E-state index contributed by atoms with van der Waals surface area (Å²) >= 11 is 0. The third-order valence-electron chi connectivity index (χ3n) is 4.59. The molecular formula is C20H22N2O3. The van der Waals surface area contributed by atoms with E-state index in [0.717, 1.165) is 16.8 Å². The first kappa shape index (κ1) is 17.0. The molecule has 0 fully saturated rings. The number of nitrogens with zero attached hydrogens (tertiary/aromatic N) is 2. The van der Waals surface area contributed by atoms with E-state index in [1.807, 2.05) is 44.3 Å². The number of hydrogen-bond donors (Lipinski definition) is 1. The van der Waals surface area contributed by atoms with Gasteiger partial charge in [-0.15, -0.1) is 0 Å². The molecule has 0 spiro atoms. The molecule has 2 aromatic carbocycles. The third kappa shape index (κ3) is 3.99. The molecule has 0 aromatic heterocycles. The van der Waals surface area contributed by atoms with Crippen molar-refractivity contribution < 1.29 is 14.7 Å². The first-order valence-electron chi connectivity index (χ1n) is 8.37. The summed E-state index contributed by atoms with van der Waals surface area (Å²) in [5, 5.41) is 13.5. The first-order valence-corrected chi connectivity index (χ1v) is 8.37. The molecule has 1 aliphatic rings. The number of amides is 1. The lowest BCUT2D eigenvalue weighted by molar-refractivity contribution is -0.134. The van der Waals surface area contributed by atoms with Crippen LogP contribution in [0.2, 0.25) is 0 Å². The predicted octanol–water partition coefficient (Wildman–Crippen LogP) is 3.49. The highest BCUT2D eigenvalue weighted by Crippen LogP contribution is 2.24. The zero-order chi connectivity index (χ0) is 17.8. The van der Waals surface area contributed by atoms with Crippen LogP contribution < -0.4 is 0 Å². The second-order valence-corrected chi connectivity index (χ2v) is 6.31. The van der Waals surface area contributed by atoms with E-state index in [-0.39, 0.29) is 23.8 Å². The van der Waals surface area contributed by atoms with Gasteiger partial charge in [0.1, 0.15) is 11.9 Å². The van der Waals surface area contributed by atoms with Crippen LogP contribution in [0.3, 0.4) is 0 Å². The van der Waals surface area contributed by atoms with Gasteiger partial charge < -0.3 is 14.8 Å². The van der Waals surface area contributed by atoms with Crippen LogP contribution in [0.5, 0.6) is 5.75 Å². The molecule has 2 aromatic rings. The van der Waals surface area contributed by atoms with Gasteiger partial charge in [-0.3, -0.25) is 4.79 Å². The smallest absolute Gasteiger partial charge is 0.226 e. The van der Waals surface area contributed by atoms with E-state index < -0.39 is 0 Å². The van der Waals surface area contributed by atoms with Crippen LogP contribution in [0.4, 0.5) is 0 Å². The van der Waals surface area contributed by atoms with Crippen LogP contribution in [0.15, 0.2) is 59.8 Å². The largest absolute Gasteiger partial charge is 0.508 e. The van der Waals surface area contributed by atoms with Gasteiger partial charge in [-0.2, -0.15) is 0 Å². The van der Waals surface area contributed by atoms with Crippen molar-refractivity contribution in [2.45, 2.75) is 31.9 Å².